The summed E-state index contributed by atoms with van der Waals surface area (Å²) in [5.74, 6) is 0.682. The first-order chi connectivity index (χ1) is 14.4. The van der Waals surface area contributed by atoms with Gasteiger partial charge in [0.2, 0.25) is 0 Å². The minimum atomic E-state index is -1.38. The molecule has 0 aromatic rings. The van der Waals surface area contributed by atoms with Crippen LogP contribution < -0.4 is 0 Å². The standard InChI is InChI=1S/C24H48O6/c1-4-6-7-8-9-10-11-12-15-19(16-13-14-18(3)5-2)29-24-23(28)22(27)21(26)20(17-25)30-24/h18-28H,4-17H2,1-3H3/t18?,19?,20-,21-,22+,23-,24?/m1/s1. The van der Waals surface area contributed by atoms with E-state index >= 15 is 0 Å². The van der Waals surface area contributed by atoms with E-state index in [2.05, 4.69) is 20.8 Å². The summed E-state index contributed by atoms with van der Waals surface area (Å²) < 4.78 is 11.6. The largest absolute Gasteiger partial charge is 0.394 e. The zero-order valence-electron chi connectivity index (χ0n) is 19.5. The zero-order valence-corrected chi connectivity index (χ0v) is 19.5. The molecule has 7 atom stereocenters. The molecule has 0 spiro atoms. The number of hydrogen-bond acceptors (Lipinski definition) is 6. The van der Waals surface area contributed by atoms with Crippen molar-refractivity contribution in [3.05, 3.63) is 0 Å². The Kier molecular flexibility index (Phi) is 15.2. The van der Waals surface area contributed by atoms with E-state index in [1.165, 1.54) is 44.9 Å². The molecule has 180 valence electrons. The van der Waals surface area contributed by atoms with Gasteiger partial charge in [0.15, 0.2) is 6.29 Å². The Bertz CT molecular complexity index is 405. The second-order valence-corrected chi connectivity index (χ2v) is 9.16. The lowest BCUT2D eigenvalue weighted by Gasteiger charge is -2.41. The molecule has 1 fully saturated rings. The normalized spacial score (nSPS) is 29.1. The molecular weight excluding hydrogens is 384 g/mol. The second-order valence-electron chi connectivity index (χ2n) is 9.16. The molecule has 6 nitrogen and oxygen atoms in total. The SMILES string of the molecule is CCCCCCCCCCC(CCCC(C)CC)OC1O[C@H](CO)[C@@H](O)[C@H](O)[C@H]1O. The van der Waals surface area contributed by atoms with Crippen LogP contribution in [0.1, 0.15) is 104 Å². The third kappa shape index (κ3) is 10.4. The van der Waals surface area contributed by atoms with Gasteiger partial charge in [-0.15, -0.1) is 0 Å². The number of rotatable bonds is 17. The van der Waals surface area contributed by atoms with E-state index in [1.807, 2.05) is 0 Å². The Morgan fingerprint density at radius 2 is 1.37 bits per heavy atom. The van der Waals surface area contributed by atoms with Crippen molar-refractivity contribution in [1.82, 2.24) is 0 Å². The van der Waals surface area contributed by atoms with E-state index < -0.39 is 37.3 Å². The van der Waals surface area contributed by atoms with Gasteiger partial charge in [-0.1, -0.05) is 91.4 Å². The van der Waals surface area contributed by atoms with E-state index in [0.29, 0.717) is 5.92 Å². The summed E-state index contributed by atoms with van der Waals surface area (Å²) in [5.41, 5.74) is 0. The van der Waals surface area contributed by atoms with Crippen molar-refractivity contribution in [2.45, 2.75) is 141 Å². The van der Waals surface area contributed by atoms with Crippen LogP contribution in [0, 0.1) is 5.92 Å². The van der Waals surface area contributed by atoms with E-state index in [9.17, 15) is 20.4 Å². The van der Waals surface area contributed by atoms with Crippen molar-refractivity contribution in [2.75, 3.05) is 6.61 Å². The van der Waals surface area contributed by atoms with Crippen LogP contribution in [0.25, 0.3) is 0 Å². The average Bonchev–Trinajstić information content (AvgIpc) is 2.75. The fraction of sp³-hybridized carbons (Fsp3) is 1.00. The van der Waals surface area contributed by atoms with Crippen LogP contribution in [0.4, 0.5) is 0 Å². The van der Waals surface area contributed by atoms with Crippen LogP contribution in [0.3, 0.4) is 0 Å². The number of aliphatic hydroxyl groups excluding tert-OH is 4. The Morgan fingerprint density at radius 3 is 1.97 bits per heavy atom. The smallest absolute Gasteiger partial charge is 0.186 e. The fourth-order valence-corrected chi connectivity index (χ4v) is 4.05. The molecule has 0 aliphatic carbocycles. The summed E-state index contributed by atoms with van der Waals surface area (Å²) in [5, 5.41) is 39.7. The van der Waals surface area contributed by atoms with E-state index in [4.69, 9.17) is 9.47 Å². The van der Waals surface area contributed by atoms with Gasteiger partial charge in [-0.25, -0.2) is 0 Å². The van der Waals surface area contributed by atoms with E-state index in [0.717, 1.165) is 38.5 Å². The molecule has 1 rings (SSSR count). The molecule has 0 aromatic heterocycles. The molecule has 0 amide bonds. The molecule has 0 aromatic carbocycles. The lowest BCUT2D eigenvalue weighted by molar-refractivity contribution is -0.312. The number of hydrogen-bond donors (Lipinski definition) is 4. The summed E-state index contributed by atoms with van der Waals surface area (Å²) >= 11 is 0. The highest BCUT2D eigenvalue weighted by Crippen LogP contribution is 2.26. The molecule has 4 N–H and O–H groups in total. The third-order valence-electron chi connectivity index (χ3n) is 6.47. The van der Waals surface area contributed by atoms with Gasteiger partial charge in [0.25, 0.3) is 0 Å². The van der Waals surface area contributed by atoms with Crippen LogP contribution >= 0.6 is 0 Å². The van der Waals surface area contributed by atoms with Crippen molar-refractivity contribution < 1.29 is 29.9 Å². The zero-order chi connectivity index (χ0) is 22.4. The second kappa shape index (κ2) is 16.4. The maximum atomic E-state index is 10.3. The highest BCUT2D eigenvalue weighted by atomic mass is 16.7. The predicted molar refractivity (Wildman–Crippen MR) is 119 cm³/mol. The van der Waals surface area contributed by atoms with Crippen LogP contribution in [0.2, 0.25) is 0 Å². The molecule has 0 saturated carbocycles. The first-order valence-corrected chi connectivity index (χ1v) is 12.4. The first-order valence-electron chi connectivity index (χ1n) is 12.4. The molecule has 1 heterocycles. The molecule has 1 aliphatic rings. The molecule has 0 radical (unpaired) electrons. The Hall–Kier alpha value is -0.240. The fourth-order valence-electron chi connectivity index (χ4n) is 4.05. The first kappa shape index (κ1) is 27.8. The van der Waals surface area contributed by atoms with Gasteiger partial charge in [-0.3, -0.25) is 0 Å². The van der Waals surface area contributed by atoms with Gasteiger partial charge >= 0.3 is 0 Å². The molecule has 30 heavy (non-hydrogen) atoms. The monoisotopic (exact) mass is 432 g/mol. The van der Waals surface area contributed by atoms with Gasteiger partial charge in [0, 0.05) is 0 Å². The number of unbranched alkanes of at least 4 members (excludes halogenated alkanes) is 7. The number of aliphatic hydroxyl groups is 4. The highest BCUT2D eigenvalue weighted by molar-refractivity contribution is 4.89. The third-order valence-corrected chi connectivity index (χ3v) is 6.47. The lowest BCUT2D eigenvalue weighted by atomic mass is 9.97. The van der Waals surface area contributed by atoms with Gasteiger partial charge in [0.1, 0.15) is 24.4 Å². The Morgan fingerprint density at radius 1 is 0.767 bits per heavy atom. The van der Waals surface area contributed by atoms with Crippen LogP contribution in [-0.2, 0) is 9.47 Å². The molecule has 6 heteroatoms. The van der Waals surface area contributed by atoms with Crippen molar-refractivity contribution in [1.29, 1.82) is 0 Å². The minimum absolute atomic E-state index is 0.0596. The summed E-state index contributed by atoms with van der Waals surface area (Å²) in [6.45, 7) is 6.26. The van der Waals surface area contributed by atoms with Crippen LogP contribution in [0.15, 0.2) is 0 Å². The summed E-state index contributed by atoms with van der Waals surface area (Å²) in [6.07, 6.45) is 9.08. The van der Waals surface area contributed by atoms with Gasteiger partial charge in [0.05, 0.1) is 12.7 Å². The van der Waals surface area contributed by atoms with Crippen LogP contribution in [0.5, 0.6) is 0 Å². The molecule has 0 bridgehead atoms. The maximum Gasteiger partial charge on any atom is 0.186 e. The van der Waals surface area contributed by atoms with E-state index in [1.54, 1.807) is 0 Å². The Labute approximate surface area is 184 Å². The van der Waals surface area contributed by atoms with Crippen molar-refractivity contribution in [3.8, 4) is 0 Å². The van der Waals surface area contributed by atoms with Crippen molar-refractivity contribution in [2.24, 2.45) is 5.92 Å². The number of ether oxygens (including phenoxy) is 2. The molecule has 3 unspecified atom stereocenters. The molecule has 1 saturated heterocycles. The van der Waals surface area contributed by atoms with Gasteiger partial charge in [-0.2, -0.15) is 0 Å². The summed E-state index contributed by atoms with van der Waals surface area (Å²) in [7, 11) is 0. The minimum Gasteiger partial charge on any atom is -0.394 e. The van der Waals surface area contributed by atoms with Crippen molar-refractivity contribution in [3.63, 3.8) is 0 Å². The molecular formula is C24H48O6. The molecule has 1 aliphatic heterocycles. The Balaban J connectivity index is 2.49. The highest BCUT2D eigenvalue weighted by Gasteiger charge is 2.44. The predicted octanol–water partition coefficient (Wildman–Crippen LogP) is 3.92. The maximum absolute atomic E-state index is 10.3. The van der Waals surface area contributed by atoms with Crippen molar-refractivity contribution >= 4 is 0 Å². The van der Waals surface area contributed by atoms with Gasteiger partial charge < -0.3 is 29.9 Å². The average molecular weight is 433 g/mol. The van der Waals surface area contributed by atoms with E-state index in [-0.39, 0.29) is 6.10 Å². The lowest BCUT2D eigenvalue weighted by Crippen LogP contribution is -2.59. The van der Waals surface area contributed by atoms with Gasteiger partial charge in [-0.05, 0) is 18.8 Å². The summed E-state index contributed by atoms with van der Waals surface area (Å²) in [6, 6.07) is 0. The summed E-state index contributed by atoms with van der Waals surface area (Å²) in [4.78, 5) is 0. The van der Waals surface area contributed by atoms with Crippen LogP contribution in [-0.4, -0.2) is 63.8 Å². The topological polar surface area (TPSA) is 99.4 Å². The quantitative estimate of drug-likeness (QED) is 0.260.